The highest BCUT2D eigenvalue weighted by Crippen LogP contribution is 2.08. The molecule has 0 radical (unpaired) electrons. The van der Waals surface area contributed by atoms with E-state index in [2.05, 4.69) is 21.3 Å². The number of carbonyl (C=O) groups excluding carboxylic acids is 6. The van der Waals surface area contributed by atoms with Crippen LogP contribution in [-0.2, 0) is 38.2 Å². The Morgan fingerprint density at radius 1 is 0.750 bits per heavy atom. The van der Waals surface area contributed by atoms with Gasteiger partial charge in [-0.3, -0.25) is 28.8 Å². The molecular weight excluding hydrogens is 444 g/mol. The maximum absolute atomic E-state index is 12.3. The highest BCUT2D eigenvalue weighted by molar-refractivity contribution is 7.99. The van der Waals surface area contributed by atoms with Crippen molar-refractivity contribution in [3.05, 3.63) is 0 Å². The average Bonchev–Trinajstić information content (AvgIpc) is 2.71. The van der Waals surface area contributed by atoms with E-state index >= 15 is 0 Å². The fraction of sp³-hybridized carbons (Fsp3) is 0.684. The summed E-state index contributed by atoms with van der Waals surface area (Å²) in [5.74, 6) is -2.58. The van der Waals surface area contributed by atoms with Gasteiger partial charge in [0.2, 0.25) is 23.6 Å². The normalized spacial score (nSPS) is 12.0. The molecule has 0 bridgehead atoms. The summed E-state index contributed by atoms with van der Waals surface area (Å²) in [7, 11) is 0. The smallest absolute Gasteiger partial charge is 0.325 e. The molecule has 4 amide bonds. The van der Waals surface area contributed by atoms with Crippen LogP contribution in [0.1, 0.15) is 34.1 Å². The Bertz CT molecular complexity index is 618. The first-order valence-corrected chi connectivity index (χ1v) is 11.2. The Kier molecular flexibility index (Phi) is 15.3. The van der Waals surface area contributed by atoms with Gasteiger partial charge in [-0.1, -0.05) is 0 Å². The summed E-state index contributed by atoms with van der Waals surface area (Å²) in [6, 6.07) is -1.78. The minimum Gasteiger partial charge on any atom is -0.465 e. The minimum absolute atomic E-state index is 0.172. The molecule has 1 unspecified atom stereocenters. The molecule has 0 aromatic heterocycles. The number of hydrogen-bond acceptors (Lipinski definition) is 9. The van der Waals surface area contributed by atoms with E-state index < -0.39 is 47.7 Å². The van der Waals surface area contributed by atoms with Gasteiger partial charge in [0.1, 0.15) is 25.2 Å². The lowest BCUT2D eigenvalue weighted by molar-refractivity contribution is -0.144. The predicted octanol–water partition coefficient (Wildman–Crippen LogP) is -1.52. The van der Waals surface area contributed by atoms with Gasteiger partial charge in [0.25, 0.3) is 0 Å². The van der Waals surface area contributed by atoms with Crippen LogP contribution < -0.4 is 21.3 Å². The second-order valence-corrected chi connectivity index (χ2v) is 7.57. The van der Waals surface area contributed by atoms with Crippen molar-refractivity contribution in [2.75, 3.05) is 37.8 Å². The maximum atomic E-state index is 12.3. The molecule has 0 heterocycles. The Labute approximate surface area is 191 Å². The number of thioether (sulfide) groups is 1. The molecule has 0 rings (SSSR count). The zero-order valence-electron chi connectivity index (χ0n) is 18.8. The standard InChI is InChI=1S/C19H32N4O8S/c1-5-30-16(26)9-20-18(28)14(22-12(3)24)7-8-32-11-15(23-13(4)25)19(29)21-10-17(27)31-6-2/h14-15H,5-11H2,1-4H3,(H,20,28)(H,21,29)(H,22,24)(H,23,25)/t14?,15-/m0/s1. The van der Waals surface area contributed by atoms with Gasteiger partial charge in [-0.25, -0.2) is 0 Å². The Balaban J connectivity index is 4.69. The number of hydrogen-bond donors (Lipinski definition) is 4. The summed E-state index contributed by atoms with van der Waals surface area (Å²) in [4.78, 5) is 70.1. The molecule has 2 atom stereocenters. The van der Waals surface area contributed by atoms with E-state index in [1.165, 1.54) is 25.6 Å². The van der Waals surface area contributed by atoms with Crippen LogP contribution in [0, 0.1) is 0 Å². The van der Waals surface area contributed by atoms with Crippen LogP contribution in [0.5, 0.6) is 0 Å². The van der Waals surface area contributed by atoms with Gasteiger partial charge in [0, 0.05) is 19.6 Å². The van der Waals surface area contributed by atoms with Gasteiger partial charge in [0.15, 0.2) is 0 Å². The quantitative estimate of drug-likeness (QED) is 0.162. The molecule has 32 heavy (non-hydrogen) atoms. The van der Waals surface area contributed by atoms with E-state index in [1.54, 1.807) is 13.8 Å². The van der Waals surface area contributed by atoms with Crippen LogP contribution in [0.15, 0.2) is 0 Å². The third-order valence-corrected chi connectivity index (χ3v) is 4.74. The van der Waals surface area contributed by atoms with Crippen molar-refractivity contribution in [1.29, 1.82) is 0 Å². The van der Waals surface area contributed by atoms with E-state index in [4.69, 9.17) is 9.47 Å². The number of carbonyl (C=O) groups is 6. The van der Waals surface area contributed by atoms with Crippen LogP contribution in [0.4, 0.5) is 0 Å². The van der Waals surface area contributed by atoms with E-state index in [1.807, 2.05) is 0 Å². The Morgan fingerprint density at radius 2 is 1.19 bits per heavy atom. The highest BCUT2D eigenvalue weighted by Gasteiger charge is 2.23. The van der Waals surface area contributed by atoms with Crippen LogP contribution in [0.25, 0.3) is 0 Å². The molecule has 0 saturated carbocycles. The number of esters is 2. The van der Waals surface area contributed by atoms with Crippen LogP contribution >= 0.6 is 11.8 Å². The molecule has 4 N–H and O–H groups in total. The minimum atomic E-state index is -0.899. The zero-order chi connectivity index (χ0) is 24.5. The van der Waals surface area contributed by atoms with Crippen molar-refractivity contribution in [2.45, 2.75) is 46.2 Å². The zero-order valence-corrected chi connectivity index (χ0v) is 19.6. The number of ether oxygens (including phenoxy) is 2. The van der Waals surface area contributed by atoms with Crippen molar-refractivity contribution in [3.63, 3.8) is 0 Å². The molecule has 12 nitrogen and oxygen atoms in total. The summed E-state index contributed by atoms with van der Waals surface area (Å²) >= 11 is 1.27. The first-order valence-electron chi connectivity index (χ1n) is 10.1. The van der Waals surface area contributed by atoms with Gasteiger partial charge in [-0.05, 0) is 26.0 Å². The SMILES string of the molecule is CCOC(=O)CNC(=O)C(CCSC[C@H](NC(C)=O)C(=O)NCC(=O)OCC)NC(C)=O. The molecule has 0 fully saturated rings. The first-order chi connectivity index (χ1) is 15.1. The summed E-state index contributed by atoms with van der Waals surface area (Å²) in [5, 5.41) is 9.81. The summed E-state index contributed by atoms with van der Waals surface area (Å²) in [5.41, 5.74) is 0. The average molecular weight is 477 g/mol. The van der Waals surface area contributed by atoms with E-state index in [0.29, 0.717) is 5.75 Å². The molecular formula is C19H32N4O8S. The lowest BCUT2D eigenvalue weighted by atomic mass is 10.2. The molecule has 0 saturated heterocycles. The molecule has 0 aromatic rings. The summed E-state index contributed by atoms with van der Waals surface area (Å²) in [6.45, 7) is 5.53. The topological polar surface area (TPSA) is 169 Å². The van der Waals surface area contributed by atoms with Gasteiger partial charge >= 0.3 is 11.9 Å². The fourth-order valence-corrected chi connectivity index (χ4v) is 3.37. The van der Waals surface area contributed by atoms with Crippen LogP contribution in [-0.4, -0.2) is 85.5 Å². The fourth-order valence-electron chi connectivity index (χ4n) is 2.33. The monoisotopic (exact) mass is 476 g/mol. The van der Waals surface area contributed by atoms with Gasteiger partial charge in [0.05, 0.1) is 13.2 Å². The van der Waals surface area contributed by atoms with E-state index in [-0.39, 0.29) is 38.5 Å². The van der Waals surface area contributed by atoms with Crippen molar-refractivity contribution >= 4 is 47.3 Å². The molecule has 0 aromatic carbocycles. The number of rotatable bonds is 15. The third kappa shape index (κ3) is 14.2. The molecule has 0 aliphatic heterocycles. The molecule has 0 spiro atoms. The lowest BCUT2D eigenvalue weighted by Crippen LogP contribution is -2.49. The van der Waals surface area contributed by atoms with Crippen molar-refractivity contribution < 1.29 is 38.2 Å². The lowest BCUT2D eigenvalue weighted by Gasteiger charge is -2.19. The molecule has 182 valence electrons. The van der Waals surface area contributed by atoms with Crippen molar-refractivity contribution in [1.82, 2.24) is 21.3 Å². The summed E-state index contributed by atoms with van der Waals surface area (Å²) < 4.78 is 9.47. The third-order valence-electron chi connectivity index (χ3n) is 3.65. The largest absolute Gasteiger partial charge is 0.465 e. The number of amides is 4. The van der Waals surface area contributed by atoms with E-state index in [0.717, 1.165) is 0 Å². The Hall–Kier alpha value is -2.83. The molecule has 0 aliphatic carbocycles. The first kappa shape index (κ1) is 29.2. The van der Waals surface area contributed by atoms with Gasteiger partial charge < -0.3 is 30.7 Å². The van der Waals surface area contributed by atoms with Crippen LogP contribution in [0.2, 0.25) is 0 Å². The number of nitrogens with one attached hydrogen (secondary N) is 4. The highest BCUT2D eigenvalue weighted by atomic mass is 32.2. The second kappa shape index (κ2) is 16.8. The molecule has 13 heteroatoms. The van der Waals surface area contributed by atoms with Crippen molar-refractivity contribution in [3.8, 4) is 0 Å². The second-order valence-electron chi connectivity index (χ2n) is 6.42. The van der Waals surface area contributed by atoms with Crippen LogP contribution in [0.3, 0.4) is 0 Å². The molecule has 0 aliphatic rings. The summed E-state index contributed by atoms with van der Waals surface area (Å²) in [6.07, 6.45) is 0.218. The van der Waals surface area contributed by atoms with Crippen molar-refractivity contribution in [2.24, 2.45) is 0 Å². The van der Waals surface area contributed by atoms with Gasteiger partial charge in [-0.15, -0.1) is 0 Å². The predicted molar refractivity (Wildman–Crippen MR) is 116 cm³/mol. The maximum Gasteiger partial charge on any atom is 0.325 e. The Morgan fingerprint density at radius 3 is 1.62 bits per heavy atom. The van der Waals surface area contributed by atoms with Gasteiger partial charge in [-0.2, -0.15) is 11.8 Å². The van der Waals surface area contributed by atoms with E-state index in [9.17, 15) is 28.8 Å².